The van der Waals surface area contributed by atoms with Crippen molar-refractivity contribution in [2.24, 2.45) is 5.41 Å². The summed E-state index contributed by atoms with van der Waals surface area (Å²) in [6, 6.07) is 3.03. The molecule has 0 N–H and O–H groups in total. The van der Waals surface area contributed by atoms with E-state index in [9.17, 15) is 10.1 Å². The van der Waals surface area contributed by atoms with Gasteiger partial charge in [0.15, 0.2) is 0 Å². The van der Waals surface area contributed by atoms with Crippen molar-refractivity contribution in [3.05, 3.63) is 0 Å². The maximum Gasteiger partial charge on any atom is 0.243 e. The molecule has 19 heavy (non-hydrogen) atoms. The zero-order valence-corrected chi connectivity index (χ0v) is 11.6. The molecular weight excluding hydrogens is 238 g/mol. The number of amides is 1. The van der Waals surface area contributed by atoms with E-state index in [1.165, 1.54) is 25.7 Å². The Morgan fingerprint density at radius 1 is 1.05 bits per heavy atom. The quantitative estimate of drug-likeness (QED) is 0.761. The van der Waals surface area contributed by atoms with Crippen LogP contribution in [0.15, 0.2) is 0 Å². The highest BCUT2D eigenvalue weighted by atomic mass is 16.2. The van der Waals surface area contributed by atoms with Crippen LogP contribution in [0.25, 0.3) is 0 Å². The van der Waals surface area contributed by atoms with Crippen molar-refractivity contribution >= 4 is 5.91 Å². The molecule has 1 amide bonds. The normalized spacial score (nSPS) is 27.8. The summed E-state index contributed by atoms with van der Waals surface area (Å²) in [6.07, 6.45) is 7.95. The van der Waals surface area contributed by atoms with Crippen molar-refractivity contribution in [1.29, 1.82) is 5.26 Å². The minimum absolute atomic E-state index is 0.104. The Morgan fingerprint density at radius 2 is 1.68 bits per heavy atom. The molecule has 1 saturated heterocycles. The van der Waals surface area contributed by atoms with E-state index >= 15 is 0 Å². The first kappa shape index (κ1) is 12.9. The number of hydrogen-bond acceptors (Lipinski definition) is 3. The van der Waals surface area contributed by atoms with Gasteiger partial charge >= 0.3 is 0 Å². The van der Waals surface area contributed by atoms with Gasteiger partial charge in [0.25, 0.3) is 0 Å². The maximum atomic E-state index is 12.4. The average Bonchev–Trinajstić information content (AvgIpc) is 2.92. The van der Waals surface area contributed by atoms with Crippen LogP contribution in [0.3, 0.4) is 0 Å². The molecule has 0 bridgehead atoms. The number of rotatable bonds is 2. The monoisotopic (exact) mass is 261 g/mol. The number of nitriles is 1. The topological polar surface area (TPSA) is 47.3 Å². The van der Waals surface area contributed by atoms with E-state index in [1.54, 1.807) is 0 Å². The van der Waals surface area contributed by atoms with Crippen molar-refractivity contribution in [2.45, 2.75) is 51.0 Å². The molecule has 0 radical (unpaired) electrons. The summed E-state index contributed by atoms with van der Waals surface area (Å²) in [4.78, 5) is 16.9. The molecule has 0 aromatic carbocycles. The van der Waals surface area contributed by atoms with Gasteiger partial charge in [0.05, 0.1) is 6.07 Å². The van der Waals surface area contributed by atoms with Gasteiger partial charge in [-0.2, -0.15) is 5.26 Å². The van der Waals surface area contributed by atoms with Crippen LogP contribution in [0.5, 0.6) is 0 Å². The zero-order valence-electron chi connectivity index (χ0n) is 11.6. The number of carbonyl (C=O) groups is 1. The predicted octanol–water partition coefficient (Wildman–Crippen LogP) is 1.77. The van der Waals surface area contributed by atoms with E-state index in [0.717, 1.165) is 51.5 Å². The molecule has 2 saturated carbocycles. The minimum atomic E-state index is -0.657. The summed E-state index contributed by atoms with van der Waals surface area (Å²) in [5.74, 6) is 0.104. The van der Waals surface area contributed by atoms with E-state index in [4.69, 9.17) is 0 Å². The van der Waals surface area contributed by atoms with Gasteiger partial charge < -0.3 is 4.90 Å². The van der Waals surface area contributed by atoms with Crippen LogP contribution in [-0.2, 0) is 4.79 Å². The summed E-state index contributed by atoms with van der Waals surface area (Å²) in [5.41, 5.74) is -0.657. The summed E-state index contributed by atoms with van der Waals surface area (Å²) < 4.78 is 0. The Kier molecular flexibility index (Phi) is 3.49. The Balaban J connectivity index is 1.55. The lowest BCUT2D eigenvalue weighted by Crippen LogP contribution is -2.56. The summed E-state index contributed by atoms with van der Waals surface area (Å²) in [5, 5.41) is 9.25. The van der Waals surface area contributed by atoms with E-state index in [1.807, 2.05) is 4.90 Å². The molecule has 1 heterocycles. The third-order valence-electron chi connectivity index (χ3n) is 5.27. The second-order valence-electron chi connectivity index (χ2n) is 6.31. The maximum absolute atomic E-state index is 12.4. The first-order valence-electron chi connectivity index (χ1n) is 7.70. The summed E-state index contributed by atoms with van der Waals surface area (Å²) in [6.45, 7) is 3.63. The molecule has 2 aliphatic carbocycles. The van der Waals surface area contributed by atoms with Gasteiger partial charge in [0, 0.05) is 32.2 Å². The number of hydrogen-bond donors (Lipinski definition) is 0. The highest BCUT2D eigenvalue weighted by molar-refractivity contribution is 5.86. The lowest BCUT2D eigenvalue weighted by atomic mass is 9.69. The van der Waals surface area contributed by atoms with E-state index in [-0.39, 0.29) is 5.91 Å². The summed E-state index contributed by atoms with van der Waals surface area (Å²) >= 11 is 0. The fourth-order valence-electron chi connectivity index (χ4n) is 3.77. The zero-order chi connectivity index (χ0) is 13.3. The van der Waals surface area contributed by atoms with Gasteiger partial charge in [0.2, 0.25) is 5.91 Å². The van der Waals surface area contributed by atoms with Crippen LogP contribution in [0.4, 0.5) is 0 Å². The van der Waals surface area contributed by atoms with Crippen LogP contribution < -0.4 is 0 Å². The lowest BCUT2D eigenvalue weighted by Gasteiger charge is -2.43. The molecule has 4 nitrogen and oxygen atoms in total. The molecule has 0 aromatic rings. The van der Waals surface area contributed by atoms with Gasteiger partial charge in [-0.05, 0) is 32.1 Å². The standard InChI is InChI=1S/C15H23N3O/c16-12-15(6-3-7-15)14(19)18-10-8-17(9-11-18)13-4-1-2-5-13/h13H,1-11H2. The van der Waals surface area contributed by atoms with Gasteiger partial charge in [-0.1, -0.05) is 12.8 Å². The van der Waals surface area contributed by atoms with Gasteiger partial charge in [-0.25, -0.2) is 0 Å². The molecular formula is C15H23N3O. The largest absolute Gasteiger partial charge is 0.339 e. The SMILES string of the molecule is N#CC1(C(=O)N2CCN(C3CCCC3)CC2)CCC1. The van der Waals surface area contributed by atoms with Crippen LogP contribution in [0.2, 0.25) is 0 Å². The van der Waals surface area contributed by atoms with E-state index in [2.05, 4.69) is 11.0 Å². The summed E-state index contributed by atoms with van der Waals surface area (Å²) in [7, 11) is 0. The molecule has 0 atom stereocenters. The minimum Gasteiger partial charge on any atom is -0.339 e. The van der Waals surface area contributed by atoms with Crippen LogP contribution in [-0.4, -0.2) is 47.9 Å². The third kappa shape index (κ3) is 2.25. The second-order valence-corrected chi connectivity index (χ2v) is 6.31. The van der Waals surface area contributed by atoms with Gasteiger partial charge in [-0.15, -0.1) is 0 Å². The second kappa shape index (κ2) is 5.13. The molecule has 3 fully saturated rings. The Labute approximate surface area is 115 Å². The fraction of sp³-hybridized carbons (Fsp3) is 0.867. The lowest BCUT2D eigenvalue weighted by molar-refractivity contribution is -0.145. The predicted molar refractivity (Wildman–Crippen MR) is 72.3 cm³/mol. The Bertz CT molecular complexity index is 383. The van der Waals surface area contributed by atoms with Crippen molar-refractivity contribution in [1.82, 2.24) is 9.80 Å². The highest BCUT2D eigenvalue weighted by Gasteiger charge is 2.47. The average molecular weight is 261 g/mol. The molecule has 3 aliphatic rings. The molecule has 0 spiro atoms. The van der Waals surface area contributed by atoms with Crippen molar-refractivity contribution in [2.75, 3.05) is 26.2 Å². The molecule has 104 valence electrons. The number of piperazine rings is 1. The highest BCUT2D eigenvalue weighted by Crippen LogP contribution is 2.42. The van der Waals surface area contributed by atoms with Crippen LogP contribution in [0.1, 0.15) is 44.9 Å². The van der Waals surface area contributed by atoms with E-state index in [0.29, 0.717) is 0 Å². The fourth-order valence-corrected chi connectivity index (χ4v) is 3.77. The first-order valence-corrected chi connectivity index (χ1v) is 7.70. The number of carbonyl (C=O) groups excluding carboxylic acids is 1. The molecule has 0 unspecified atom stereocenters. The molecule has 3 rings (SSSR count). The van der Waals surface area contributed by atoms with Gasteiger partial charge in [-0.3, -0.25) is 9.69 Å². The first-order chi connectivity index (χ1) is 9.25. The molecule has 1 aliphatic heterocycles. The number of nitrogens with zero attached hydrogens (tertiary/aromatic N) is 3. The van der Waals surface area contributed by atoms with Crippen molar-refractivity contribution in [3.63, 3.8) is 0 Å². The molecule has 0 aromatic heterocycles. The van der Waals surface area contributed by atoms with E-state index < -0.39 is 5.41 Å². The van der Waals surface area contributed by atoms with Gasteiger partial charge in [0.1, 0.15) is 5.41 Å². The Morgan fingerprint density at radius 3 is 2.16 bits per heavy atom. The van der Waals surface area contributed by atoms with Crippen molar-refractivity contribution < 1.29 is 4.79 Å². The Hall–Kier alpha value is -1.08. The molecule has 4 heteroatoms. The smallest absolute Gasteiger partial charge is 0.243 e. The van der Waals surface area contributed by atoms with Crippen LogP contribution in [0, 0.1) is 16.7 Å². The third-order valence-corrected chi connectivity index (χ3v) is 5.27. The van der Waals surface area contributed by atoms with Crippen molar-refractivity contribution in [3.8, 4) is 6.07 Å². The van der Waals surface area contributed by atoms with Crippen LogP contribution >= 0.6 is 0 Å².